The number of rotatable bonds is 2. The van der Waals surface area contributed by atoms with Gasteiger partial charge < -0.3 is 14.9 Å². The van der Waals surface area contributed by atoms with Crippen LogP contribution >= 0.6 is 0 Å². The van der Waals surface area contributed by atoms with Gasteiger partial charge in [0.2, 0.25) is 0 Å². The molecule has 0 unspecified atom stereocenters. The van der Waals surface area contributed by atoms with E-state index in [4.69, 9.17) is 10.2 Å². The Morgan fingerprint density at radius 2 is 2.23 bits per heavy atom. The zero-order chi connectivity index (χ0) is 9.84. The molecule has 1 rings (SSSR count). The van der Waals surface area contributed by atoms with Crippen molar-refractivity contribution in [3.8, 4) is 5.75 Å². The molecule has 0 saturated heterocycles. The van der Waals surface area contributed by atoms with Crippen molar-refractivity contribution in [1.82, 2.24) is 0 Å². The van der Waals surface area contributed by atoms with Gasteiger partial charge in [0.05, 0.1) is 19.3 Å². The Labute approximate surface area is 75.4 Å². The highest BCUT2D eigenvalue weighted by Gasteiger charge is 2.10. The number of phenolic OH excluding ortho intramolecular Hbond substituents is 1. The maximum absolute atomic E-state index is 11.1. The van der Waals surface area contributed by atoms with Crippen molar-refractivity contribution in [2.45, 2.75) is 6.61 Å². The summed E-state index contributed by atoms with van der Waals surface area (Å²) in [7, 11) is 1.26. The van der Waals surface area contributed by atoms with E-state index in [-0.39, 0.29) is 17.9 Å². The van der Waals surface area contributed by atoms with Crippen LogP contribution in [0.2, 0.25) is 0 Å². The SMILES string of the molecule is COC(=O)c1ccc(O)cc1CO. The fraction of sp³-hybridized carbons (Fsp3) is 0.222. The lowest BCUT2D eigenvalue weighted by molar-refractivity contribution is 0.0597. The molecule has 0 spiro atoms. The topological polar surface area (TPSA) is 66.8 Å². The Morgan fingerprint density at radius 1 is 1.54 bits per heavy atom. The first-order chi connectivity index (χ1) is 6.19. The first kappa shape index (κ1) is 9.54. The third-order valence-corrected chi connectivity index (χ3v) is 1.66. The van der Waals surface area contributed by atoms with Crippen LogP contribution in [0.4, 0.5) is 0 Å². The van der Waals surface area contributed by atoms with Crippen LogP contribution in [0.3, 0.4) is 0 Å². The molecule has 0 heterocycles. The molecule has 0 aliphatic carbocycles. The molecule has 70 valence electrons. The number of carbonyl (C=O) groups excluding carboxylic acids is 1. The van der Waals surface area contributed by atoms with Crippen LogP contribution in [0.1, 0.15) is 15.9 Å². The lowest BCUT2D eigenvalue weighted by Gasteiger charge is -2.04. The minimum absolute atomic E-state index is 0.0108. The fourth-order valence-electron chi connectivity index (χ4n) is 1.02. The summed E-state index contributed by atoms with van der Waals surface area (Å²) in [5, 5.41) is 17.9. The van der Waals surface area contributed by atoms with Gasteiger partial charge >= 0.3 is 5.97 Å². The van der Waals surface area contributed by atoms with Crippen molar-refractivity contribution in [1.29, 1.82) is 0 Å². The Kier molecular flexibility index (Phi) is 2.87. The van der Waals surface area contributed by atoms with E-state index in [1.54, 1.807) is 0 Å². The van der Waals surface area contributed by atoms with Crippen molar-refractivity contribution in [2.75, 3.05) is 7.11 Å². The minimum atomic E-state index is -0.524. The largest absolute Gasteiger partial charge is 0.508 e. The minimum Gasteiger partial charge on any atom is -0.508 e. The number of esters is 1. The molecule has 13 heavy (non-hydrogen) atoms. The molecule has 0 aromatic heterocycles. The van der Waals surface area contributed by atoms with E-state index >= 15 is 0 Å². The third kappa shape index (κ3) is 1.97. The number of aliphatic hydroxyl groups excluding tert-OH is 1. The highest BCUT2D eigenvalue weighted by molar-refractivity contribution is 5.91. The lowest BCUT2D eigenvalue weighted by atomic mass is 10.1. The second kappa shape index (κ2) is 3.91. The summed E-state index contributed by atoms with van der Waals surface area (Å²) in [4.78, 5) is 11.1. The zero-order valence-electron chi connectivity index (χ0n) is 7.15. The van der Waals surface area contributed by atoms with Crippen LogP contribution in [-0.4, -0.2) is 23.3 Å². The van der Waals surface area contributed by atoms with Gasteiger partial charge in [0.1, 0.15) is 5.75 Å². The van der Waals surface area contributed by atoms with Gasteiger partial charge in [0, 0.05) is 0 Å². The van der Waals surface area contributed by atoms with Gasteiger partial charge in [-0.25, -0.2) is 4.79 Å². The first-order valence-electron chi connectivity index (χ1n) is 3.70. The van der Waals surface area contributed by atoms with Gasteiger partial charge in [-0.1, -0.05) is 0 Å². The number of benzene rings is 1. The van der Waals surface area contributed by atoms with Gasteiger partial charge in [-0.05, 0) is 23.8 Å². The predicted molar refractivity (Wildman–Crippen MR) is 45.4 cm³/mol. The highest BCUT2D eigenvalue weighted by atomic mass is 16.5. The molecule has 4 nitrogen and oxygen atoms in total. The van der Waals surface area contributed by atoms with E-state index < -0.39 is 5.97 Å². The van der Waals surface area contributed by atoms with Crippen LogP contribution in [0.15, 0.2) is 18.2 Å². The van der Waals surface area contributed by atoms with E-state index in [2.05, 4.69) is 4.74 Å². The quantitative estimate of drug-likeness (QED) is 0.660. The number of methoxy groups -OCH3 is 1. The van der Waals surface area contributed by atoms with E-state index in [0.29, 0.717) is 5.56 Å². The monoisotopic (exact) mass is 182 g/mol. The summed E-state index contributed by atoms with van der Waals surface area (Å²) in [6.45, 7) is -0.307. The Balaban J connectivity index is 3.13. The van der Waals surface area contributed by atoms with Crippen molar-refractivity contribution in [3.63, 3.8) is 0 Å². The van der Waals surface area contributed by atoms with Gasteiger partial charge in [-0.3, -0.25) is 0 Å². The summed E-state index contributed by atoms with van der Waals surface area (Å²) >= 11 is 0. The predicted octanol–water partition coefficient (Wildman–Crippen LogP) is 0.671. The number of carbonyl (C=O) groups is 1. The maximum Gasteiger partial charge on any atom is 0.338 e. The summed E-state index contributed by atoms with van der Waals surface area (Å²) < 4.78 is 4.49. The lowest BCUT2D eigenvalue weighted by Crippen LogP contribution is -2.05. The summed E-state index contributed by atoms with van der Waals surface area (Å²) in [6, 6.07) is 4.10. The summed E-state index contributed by atoms with van der Waals surface area (Å²) in [5.74, 6) is -0.513. The Bertz CT molecular complexity index is 319. The molecule has 1 aromatic carbocycles. The van der Waals surface area contributed by atoms with Crippen LogP contribution in [-0.2, 0) is 11.3 Å². The highest BCUT2D eigenvalue weighted by Crippen LogP contribution is 2.17. The Hall–Kier alpha value is -1.55. The molecule has 0 atom stereocenters. The molecule has 0 fully saturated rings. The Morgan fingerprint density at radius 3 is 2.77 bits per heavy atom. The van der Waals surface area contributed by atoms with Gasteiger partial charge in [0.25, 0.3) is 0 Å². The summed E-state index contributed by atoms with van der Waals surface area (Å²) in [5.41, 5.74) is 0.620. The number of aromatic hydroxyl groups is 1. The van der Waals surface area contributed by atoms with E-state index in [1.807, 2.05) is 0 Å². The van der Waals surface area contributed by atoms with Crippen molar-refractivity contribution in [3.05, 3.63) is 29.3 Å². The van der Waals surface area contributed by atoms with Crippen LogP contribution in [0.25, 0.3) is 0 Å². The second-order valence-electron chi connectivity index (χ2n) is 2.49. The second-order valence-corrected chi connectivity index (χ2v) is 2.49. The molecule has 0 aliphatic heterocycles. The van der Waals surface area contributed by atoms with E-state index in [0.717, 1.165) is 0 Å². The summed E-state index contributed by atoms with van der Waals surface area (Å²) in [6.07, 6.45) is 0. The molecule has 0 aliphatic rings. The molecule has 1 aromatic rings. The number of aliphatic hydroxyl groups is 1. The van der Waals surface area contributed by atoms with Gasteiger partial charge in [-0.15, -0.1) is 0 Å². The number of ether oxygens (including phenoxy) is 1. The smallest absolute Gasteiger partial charge is 0.338 e. The van der Waals surface area contributed by atoms with Crippen molar-refractivity contribution >= 4 is 5.97 Å². The molecule has 0 radical (unpaired) electrons. The first-order valence-corrected chi connectivity index (χ1v) is 3.70. The number of hydrogen-bond acceptors (Lipinski definition) is 4. The van der Waals surface area contributed by atoms with Gasteiger partial charge in [0.15, 0.2) is 0 Å². The van der Waals surface area contributed by atoms with E-state index in [9.17, 15) is 4.79 Å². The maximum atomic E-state index is 11.1. The molecular weight excluding hydrogens is 172 g/mol. The third-order valence-electron chi connectivity index (χ3n) is 1.66. The molecule has 0 bridgehead atoms. The van der Waals surface area contributed by atoms with Gasteiger partial charge in [-0.2, -0.15) is 0 Å². The standard InChI is InChI=1S/C9H10O4/c1-13-9(12)8-3-2-7(11)4-6(8)5-10/h2-4,10-11H,5H2,1H3. The average Bonchev–Trinajstić information content (AvgIpc) is 2.16. The normalized spacial score (nSPS) is 9.69. The average molecular weight is 182 g/mol. The van der Waals surface area contributed by atoms with Crippen LogP contribution < -0.4 is 0 Å². The van der Waals surface area contributed by atoms with Crippen LogP contribution in [0, 0.1) is 0 Å². The van der Waals surface area contributed by atoms with Crippen molar-refractivity contribution < 1.29 is 19.7 Å². The fourth-order valence-corrected chi connectivity index (χ4v) is 1.02. The molecular formula is C9H10O4. The van der Waals surface area contributed by atoms with Crippen LogP contribution in [0.5, 0.6) is 5.75 Å². The molecule has 0 amide bonds. The molecule has 0 saturated carbocycles. The number of hydrogen-bond donors (Lipinski definition) is 2. The number of phenols is 1. The zero-order valence-corrected chi connectivity index (χ0v) is 7.15. The molecule has 2 N–H and O–H groups in total. The molecule has 4 heteroatoms. The van der Waals surface area contributed by atoms with E-state index in [1.165, 1.54) is 25.3 Å². The van der Waals surface area contributed by atoms with Crippen molar-refractivity contribution in [2.24, 2.45) is 0 Å².